The van der Waals surface area contributed by atoms with Gasteiger partial charge in [-0.25, -0.2) is 0 Å². The van der Waals surface area contributed by atoms with Crippen molar-refractivity contribution in [1.29, 1.82) is 0 Å². The Balaban J connectivity index is 1.42. The van der Waals surface area contributed by atoms with E-state index in [1.54, 1.807) is 41.2 Å². The maximum absolute atomic E-state index is 13.0. The number of nitrogens with zero attached hydrogens (tertiary/aromatic N) is 4. The number of anilines is 1. The number of carbonyl (C=O) groups is 2. The minimum absolute atomic E-state index is 0.0881. The predicted octanol–water partition coefficient (Wildman–Crippen LogP) is 2.86. The van der Waals surface area contributed by atoms with E-state index in [-0.39, 0.29) is 37.2 Å². The van der Waals surface area contributed by atoms with Gasteiger partial charge in [-0.3, -0.25) is 9.59 Å². The molecular weight excluding hydrogens is 417 g/mol. The zero-order chi connectivity index (χ0) is 22.2. The summed E-state index contributed by atoms with van der Waals surface area (Å²) in [6.45, 7) is 0.915. The lowest BCUT2D eigenvalue weighted by Crippen LogP contribution is -2.43. The Labute approximate surface area is 176 Å². The first-order valence-electron chi connectivity index (χ1n) is 9.90. The Morgan fingerprint density at radius 2 is 1.94 bits per heavy atom. The average Bonchev–Trinajstić information content (AvgIpc) is 3.41. The van der Waals surface area contributed by atoms with Crippen LogP contribution < -0.4 is 9.64 Å². The smallest absolute Gasteiger partial charge is 0.470 e. The van der Waals surface area contributed by atoms with E-state index in [1.807, 2.05) is 0 Å². The van der Waals surface area contributed by atoms with Gasteiger partial charge in [0.2, 0.25) is 17.7 Å². The van der Waals surface area contributed by atoms with Crippen molar-refractivity contribution in [1.82, 2.24) is 15.1 Å². The molecule has 2 aliphatic rings. The second-order valence-corrected chi connectivity index (χ2v) is 7.67. The fourth-order valence-electron chi connectivity index (χ4n) is 4.04. The van der Waals surface area contributed by atoms with Crippen LogP contribution in [0.5, 0.6) is 5.75 Å². The molecule has 2 unspecified atom stereocenters. The number of aromatic nitrogens is 2. The molecule has 166 valence electrons. The van der Waals surface area contributed by atoms with Crippen molar-refractivity contribution in [2.75, 3.05) is 31.6 Å². The van der Waals surface area contributed by atoms with Gasteiger partial charge in [0.05, 0.1) is 18.9 Å². The molecule has 0 N–H and O–H groups in total. The Morgan fingerprint density at radius 3 is 2.58 bits per heavy atom. The third-order valence-corrected chi connectivity index (χ3v) is 5.62. The van der Waals surface area contributed by atoms with Crippen LogP contribution in [0.2, 0.25) is 0 Å². The lowest BCUT2D eigenvalue weighted by molar-refractivity contribution is -0.157. The van der Waals surface area contributed by atoms with Gasteiger partial charge in [0.25, 0.3) is 0 Å². The summed E-state index contributed by atoms with van der Waals surface area (Å²) in [5.74, 6) is -2.15. The van der Waals surface area contributed by atoms with Crippen molar-refractivity contribution in [3.63, 3.8) is 0 Å². The minimum Gasteiger partial charge on any atom is -0.497 e. The van der Waals surface area contributed by atoms with E-state index in [1.165, 1.54) is 0 Å². The number of hydrogen-bond acceptors (Lipinski definition) is 6. The van der Waals surface area contributed by atoms with Crippen LogP contribution >= 0.6 is 0 Å². The molecule has 1 aromatic heterocycles. The number of ether oxygens (including phenoxy) is 1. The molecule has 0 spiro atoms. The molecule has 2 saturated heterocycles. The number of rotatable bonds is 4. The zero-order valence-corrected chi connectivity index (χ0v) is 16.8. The number of hydrogen-bond donors (Lipinski definition) is 0. The van der Waals surface area contributed by atoms with E-state index in [0.717, 1.165) is 0 Å². The van der Waals surface area contributed by atoms with E-state index >= 15 is 0 Å². The summed E-state index contributed by atoms with van der Waals surface area (Å²) in [6.07, 6.45) is -3.47. The van der Waals surface area contributed by atoms with E-state index < -0.39 is 23.9 Å². The third kappa shape index (κ3) is 4.35. The van der Waals surface area contributed by atoms with Crippen LogP contribution in [0.25, 0.3) is 0 Å². The van der Waals surface area contributed by atoms with Crippen molar-refractivity contribution in [2.45, 2.75) is 31.4 Å². The molecule has 11 heteroatoms. The number of piperidine rings is 1. The van der Waals surface area contributed by atoms with Crippen LogP contribution in [-0.4, -0.2) is 53.7 Å². The van der Waals surface area contributed by atoms with Crippen molar-refractivity contribution in [3.8, 4) is 5.75 Å². The molecule has 3 heterocycles. The molecule has 31 heavy (non-hydrogen) atoms. The highest BCUT2D eigenvalue weighted by molar-refractivity contribution is 6.00. The number of halogens is 3. The van der Waals surface area contributed by atoms with Crippen molar-refractivity contribution in [2.24, 2.45) is 5.92 Å². The lowest BCUT2D eigenvalue weighted by Gasteiger charge is -2.32. The van der Waals surface area contributed by atoms with E-state index in [0.29, 0.717) is 30.8 Å². The molecule has 0 saturated carbocycles. The van der Waals surface area contributed by atoms with Gasteiger partial charge in [-0.05, 0) is 37.1 Å². The summed E-state index contributed by atoms with van der Waals surface area (Å²) >= 11 is 0. The molecule has 0 radical (unpaired) electrons. The number of methoxy groups -OCH3 is 1. The Kier molecular flexibility index (Phi) is 5.59. The van der Waals surface area contributed by atoms with Gasteiger partial charge in [-0.15, -0.1) is 10.2 Å². The SMILES string of the molecule is COc1ccc(N2CC(C(=O)N3CCCC(c4nnc(C(F)(F)F)o4)C3)CC2=O)cc1. The Hall–Kier alpha value is -3.11. The number of benzene rings is 1. The topological polar surface area (TPSA) is 88.8 Å². The Bertz CT molecular complexity index is 960. The van der Waals surface area contributed by atoms with Crippen LogP contribution in [0.1, 0.15) is 37.0 Å². The molecule has 4 rings (SSSR count). The highest BCUT2D eigenvalue weighted by atomic mass is 19.4. The Morgan fingerprint density at radius 1 is 1.19 bits per heavy atom. The van der Waals surface area contributed by atoms with Crippen molar-refractivity contribution < 1.29 is 31.9 Å². The molecule has 2 atom stereocenters. The first-order chi connectivity index (χ1) is 14.8. The van der Waals surface area contributed by atoms with Crippen LogP contribution in [-0.2, 0) is 15.8 Å². The molecular formula is C20H21F3N4O4. The summed E-state index contributed by atoms with van der Waals surface area (Å²) in [7, 11) is 1.55. The molecule has 0 aliphatic carbocycles. The van der Waals surface area contributed by atoms with Gasteiger partial charge in [-0.1, -0.05) is 0 Å². The summed E-state index contributed by atoms with van der Waals surface area (Å²) in [4.78, 5) is 28.7. The minimum atomic E-state index is -4.70. The largest absolute Gasteiger partial charge is 0.497 e. The number of alkyl halides is 3. The quantitative estimate of drug-likeness (QED) is 0.730. The fourth-order valence-corrected chi connectivity index (χ4v) is 4.04. The standard InChI is InChI=1S/C20H21F3N4O4/c1-30-15-6-4-14(5-7-15)27-11-13(9-16(27)28)18(29)26-8-2-3-12(10-26)17-24-25-19(31-17)20(21,22)23/h4-7,12-13H,2-3,8-11H2,1H3. The summed E-state index contributed by atoms with van der Waals surface area (Å²) in [6, 6.07) is 7.00. The maximum atomic E-state index is 13.0. The van der Waals surface area contributed by atoms with Crippen molar-refractivity contribution in [3.05, 3.63) is 36.0 Å². The predicted molar refractivity (Wildman–Crippen MR) is 101 cm³/mol. The second kappa shape index (κ2) is 8.20. The molecule has 2 aliphatic heterocycles. The highest BCUT2D eigenvalue weighted by Crippen LogP contribution is 2.33. The maximum Gasteiger partial charge on any atom is 0.470 e. The number of carbonyl (C=O) groups excluding carboxylic acids is 2. The molecule has 2 amide bonds. The average molecular weight is 438 g/mol. The molecule has 1 aromatic carbocycles. The van der Waals surface area contributed by atoms with E-state index in [2.05, 4.69) is 10.2 Å². The normalized spacial score (nSPS) is 22.1. The van der Waals surface area contributed by atoms with Gasteiger partial charge in [0.15, 0.2) is 0 Å². The fraction of sp³-hybridized carbons (Fsp3) is 0.500. The van der Waals surface area contributed by atoms with E-state index in [4.69, 9.17) is 9.15 Å². The molecule has 0 bridgehead atoms. The van der Waals surface area contributed by atoms with Crippen LogP contribution in [0.4, 0.5) is 18.9 Å². The van der Waals surface area contributed by atoms with Gasteiger partial charge < -0.3 is 19.0 Å². The number of likely N-dealkylation sites (tertiary alicyclic amines) is 1. The summed E-state index contributed by atoms with van der Waals surface area (Å²) in [5, 5.41) is 6.60. The first-order valence-corrected chi connectivity index (χ1v) is 9.90. The first kappa shape index (κ1) is 21.1. The van der Waals surface area contributed by atoms with Crippen molar-refractivity contribution >= 4 is 17.5 Å². The van der Waals surface area contributed by atoms with Gasteiger partial charge >= 0.3 is 12.1 Å². The zero-order valence-electron chi connectivity index (χ0n) is 16.8. The third-order valence-electron chi connectivity index (χ3n) is 5.62. The van der Waals surface area contributed by atoms with E-state index in [9.17, 15) is 22.8 Å². The number of amides is 2. The summed E-state index contributed by atoms with van der Waals surface area (Å²) < 4.78 is 48.1. The lowest BCUT2D eigenvalue weighted by atomic mass is 9.96. The highest BCUT2D eigenvalue weighted by Gasteiger charge is 2.41. The monoisotopic (exact) mass is 438 g/mol. The van der Waals surface area contributed by atoms with Gasteiger partial charge in [0, 0.05) is 31.7 Å². The van der Waals surface area contributed by atoms with Crippen LogP contribution in [0, 0.1) is 5.92 Å². The molecule has 2 aromatic rings. The van der Waals surface area contributed by atoms with Crippen LogP contribution in [0.3, 0.4) is 0 Å². The second-order valence-electron chi connectivity index (χ2n) is 7.67. The van der Waals surface area contributed by atoms with Gasteiger partial charge in [0.1, 0.15) is 5.75 Å². The molecule has 2 fully saturated rings. The van der Waals surface area contributed by atoms with Gasteiger partial charge in [-0.2, -0.15) is 13.2 Å². The molecule has 8 nitrogen and oxygen atoms in total. The van der Waals surface area contributed by atoms with Crippen LogP contribution in [0.15, 0.2) is 28.7 Å². The summed E-state index contributed by atoms with van der Waals surface area (Å²) in [5.41, 5.74) is 0.683.